The smallest absolute Gasteiger partial charge is 0.410 e. The lowest BCUT2D eigenvalue weighted by molar-refractivity contribution is 0.0140. The predicted octanol–water partition coefficient (Wildman–Crippen LogP) is 3.10. The Balaban J connectivity index is 1.50. The van der Waals surface area contributed by atoms with Gasteiger partial charge < -0.3 is 23.7 Å². The van der Waals surface area contributed by atoms with E-state index in [2.05, 4.69) is 9.97 Å². The van der Waals surface area contributed by atoms with Crippen molar-refractivity contribution in [3.8, 4) is 17.0 Å². The maximum absolute atomic E-state index is 13.1. The minimum absolute atomic E-state index is 0.168. The van der Waals surface area contributed by atoms with Gasteiger partial charge in [0.05, 0.1) is 7.11 Å². The first kappa shape index (κ1) is 21.6. The van der Waals surface area contributed by atoms with Crippen molar-refractivity contribution in [2.24, 2.45) is 0 Å². The Bertz CT molecular complexity index is 1130. The molecule has 0 aliphatic carbocycles. The molecule has 0 N–H and O–H groups in total. The van der Waals surface area contributed by atoms with Gasteiger partial charge in [-0.2, -0.15) is 0 Å². The number of nitrogens with zero attached hydrogens (tertiary/aromatic N) is 5. The van der Waals surface area contributed by atoms with Crippen molar-refractivity contribution in [2.45, 2.75) is 26.4 Å². The summed E-state index contributed by atoms with van der Waals surface area (Å²) in [5, 5.41) is 0. The zero-order chi connectivity index (χ0) is 22.9. The molecule has 168 valence electrons. The second-order valence-electron chi connectivity index (χ2n) is 8.62. The number of hydrogen-bond donors (Lipinski definition) is 0. The summed E-state index contributed by atoms with van der Waals surface area (Å²) in [6.07, 6.45) is 4.81. The van der Waals surface area contributed by atoms with Crippen LogP contribution in [0.1, 0.15) is 31.3 Å². The van der Waals surface area contributed by atoms with Gasteiger partial charge in [-0.3, -0.25) is 9.78 Å². The van der Waals surface area contributed by atoms with Crippen molar-refractivity contribution in [2.75, 3.05) is 33.3 Å². The molecule has 0 saturated carbocycles. The van der Waals surface area contributed by atoms with Crippen molar-refractivity contribution >= 4 is 17.6 Å². The van der Waals surface area contributed by atoms with Crippen LogP contribution in [-0.4, -0.2) is 75.1 Å². The number of rotatable bonds is 3. The summed E-state index contributed by atoms with van der Waals surface area (Å²) in [6.45, 7) is 7.21. The fourth-order valence-corrected chi connectivity index (χ4v) is 3.56. The first-order valence-corrected chi connectivity index (χ1v) is 10.5. The van der Waals surface area contributed by atoms with Crippen LogP contribution in [0.15, 0.2) is 42.9 Å². The summed E-state index contributed by atoms with van der Waals surface area (Å²) in [5.41, 5.74) is 1.97. The molecule has 32 heavy (non-hydrogen) atoms. The Morgan fingerprint density at radius 1 is 1.00 bits per heavy atom. The number of fused-ring (bicyclic) bond motifs is 1. The summed E-state index contributed by atoms with van der Waals surface area (Å²) >= 11 is 0. The summed E-state index contributed by atoms with van der Waals surface area (Å²) in [7, 11) is 1.62. The highest BCUT2D eigenvalue weighted by molar-refractivity contribution is 5.94. The monoisotopic (exact) mass is 437 g/mol. The first-order chi connectivity index (χ1) is 15.2. The van der Waals surface area contributed by atoms with Crippen LogP contribution in [0.3, 0.4) is 0 Å². The largest absolute Gasteiger partial charge is 0.497 e. The van der Waals surface area contributed by atoms with Crippen molar-refractivity contribution in [3.05, 3.63) is 48.5 Å². The van der Waals surface area contributed by atoms with Crippen molar-refractivity contribution < 1.29 is 19.1 Å². The van der Waals surface area contributed by atoms with Gasteiger partial charge in [-0.25, -0.2) is 9.78 Å². The molecule has 0 unspecified atom stereocenters. The van der Waals surface area contributed by atoms with E-state index in [0.29, 0.717) is 43.2 Å². The molecule has 0 radical (unpaired) electrons. The van der Waals surface area contributed by atoms with Gasteiger partial charge in [0, 0.05) is 50.3 Å². The van der Waals surface area contributed by atoms with E-state index in [1.165, 1.54) is 0 Å². The quantitative estimate of drug-likeness (QED) is 0.626. The van der Waals surface area contributed by atoms with Gasteiger partial charge in [-0.1, -0.05) is 0 Å². The molecule has 3 heterocycles. The summed E-state index contributed by atoms with van der Waals surface area (Å²) in [6, 6.07) is 7.54. The van der Waals surface area contributed by atoms with Crippen LogP contribution in [0.5, 0.6) is 5.75 Å². The van der Waals surface area contributed by atoms with E-state index in [1.807, 2.05) is 45.0 Å². The highest BCUT2D eigenvalue weighted by atomic mass is 16.6. The molecule has 1 aromatic carbocycles. The van der Waals surface area contributed by atoms with Crippen molar-refractivity contribution in [1.82, 2.24) is 24.2 Å². The van der Waals surface area contributed by atoms with Crippen LogP contribution in [0, 0.1) is 0 Å². The molecule has 1 fully saturated rings. The van der Waals surface area contributed by atoms with Gasteiger partial charge >= 0.3 is 6.09 Å². The molecule has 1 aliphatic heterocycles. The molecule has 0 atom stereocenters. The third kappa shape index (κ3) is 4.51. The average molecular weight is 438 g/mol. The van der Waals surface area contributed by atoms with Gasteiger partial charge in [-0.15, -0.1) is 0 Å². The zero-order valence-corrected chi connectivity index (χ0v) is 18.7. The van der Waals surface area contributed by atoms with E-state index in [0.717, 1.165) is 11.3 Å². The van der Waals surface area contributed by atoms with Crippen molar-refractivity contribution in [1.29, 1.82) is 0 Å². The number of imidazole rings is 1. The lowest BCUT2D eigenvalue weighted by Gasteiger charge is -2.35. The van der Waals surface area contributed by atoms with Gasteiger partial charge in [0.25, 0.3) is 5.91 Å². The normalized spacial score (nSPS) is 14.5. The Kier molecular flexibility index (Phi) is 5.73. The lowest BCUT2D eigenvalue weighted by atomic mass is 10.1. The Labute approximate surface area is 186 Å². The summed E-state index contributed by atoms with van der Waals surface area (Å²) in [4.78, 5) is 37.7. The van der Waals surface area contributed by atoms with Crippen LogP contribution >= 0.6 is 0 Å². The topological polar surface area (TPSA) is 89.3 Å². The average Bonchev–Trinajstić information content (AvgIpc) is 3.22. The molecule has 2 amide bonds. The molecular formula is C23H27N5O4. The minimum Gasteiger partial charge on any atom is -0.497 e. The molecule has 9 nitrogen and oxygen atoms in total. The van der Waals surface area contributed by atoms with Crippen LogP contribution in [-0.2, 0) is 4.74 Å². The molecule has 2 aromatic heterocycles. The molecule has 0 bridgehead atoms. The molecule has 1 saturated heterocycles. The maximum Gasteiger partial charge on any atom is 0.410 e. The zero-order valence-electron chi connectivity index (χ0n) is 18.7. The fourth-order valence-electron chi connectivity index (χ4n) is 3.56. The van der Waals surface area contributed by atoms with Gasteiger partial charge in [0.2, 0.25) is 0 Å². The van der Waals surface area contributed by atoms with E-state index in [9.17, 15) is 9.59 Å². The standard InChI is InChI=1S/C23H27N5O4/c1-23(2,3)32-22(30)27-13-11-26(12-14-27)21(29)18-15-28-10-9-24-19(20(28)25-18)16-5-7-17(31-4)8-6-16/h5-10,15H,11-14H2,1-4H3. The molecule has 0 spiro atoms. The number of hydrogen-bond acceptors (Lipinski definition) is 6. The van der Waals surface area contributed by atoms with Gasteiger partial charge in [0.1, 0.15) is 22.7 Å². The highest BCUT2D eigenvalue weighted by Gasteiger charge is 2.29. The lowest BCUT2D eigenvalue weighted by Crippen LogP contribution is -2.51. The van der Waals surface area contributed by atoms with Crippen LogP contribution < -0.4 is 4.74 Å². The Morgan fingerprint density at radius 2 is 1.66 bits per heavy atom. The summed E-state index contributed by atoms with van der Waals surface area (Å²) < 4.78 is 12.4. The number of ether oxygens (including phenoxy) is 2. The molecular weight excluding hydrogens is 410 g/mol. The summed E-state index contributed by atoms with van der Waals surface area (Å²) in [5.74, 6) is 0.587. The molecule has 1 aliphatic rings. The third-order valence-electron chi connectivity index (χ3n) is 5.18. The van der Waals surface area contributed by atoms with E-state index in [1.54, 1.807) is 39.9 Å². The van der Waals surface area contributed by atoms with Crippen LogP contribution in [0.2, 0.25) is 0 Å². The van der Waals surface area contributed by atoms with Gasteiger partial charge in [-0.05, 0) is 45.0 Å². The predicted molar refractivity (Wildman–Crippen MR) is 119 cm³/mol. The first-order valence-electron chi connectivity index (χ1n) is 10.5. The number of amides is 2. The second kappa shape index (κ2) is 8.49. The number of carbonyl (C=O) groups excluding carboxylic acids is 2. The third-order valence-corrected chi connectivity index (χ3v) is 5.18. The van der Waals surface area contributed by atoms with E-state index in [4.69, 9.17) is 9.47 Å². The van der Waals surface area contributed by atoms with Gasteiger partial charge in [0.15, 0.2) is 5.65 Å². The molecule has 4 rings (SSSR count). The number of aromatic nitrogens is 3. The number of benzene rings is 1. The Hall–Kier alpha value is -3.62. The fraction of sp³-hybridized carbons (Fsp3) is 0.391. The number of methoxy groups -OCH3 is 1. The second-order valence-corrected chi connectivity index (χ2v) is 8.62. The Morgan fingerprint density at radius 3 is 2.28 bits per heavy atom. The van der Waals surface area contributed by atoms with E-state index >= 15 is 0 Å². The minimum atomic E-state index is -0.545. The maximum atomic E-state index is 13.1. The van der Waals surface area contributed by atoms with E-state index in [-0.39, 0.29) is 12.0 Å². The van der Waals surface area contributed by atoms with Crippen LogP contribution in [0.4, 0.5) is 4.79 Å². The van der Waals surface area contributed by atoms with Crippen LogP contribution in [0.25, 0.3) is 16.9 Å². The SMILES string of the molecule is COc1ccc(-c2nccn3cc(C(=O)N4CCN(C(=O)OC(C)(C)C)CC4)nc23)cc1. The molecule has 3 aromatic rings. The molecule has 9 heteroatoms. The van der Waals surface area contributed by atoms with E-state index < -0.39 is 5.60 Å². The number of carbonyl (C=O) groups is 2. The number of piperazine rings is 1. The van der Waals surface area contributed by atoms with Crippen molar-refractivity contribution in [3.63, 3.8) is 0 Å². The highest BCUT2D eigenvalue weighted by Crippen LogP contribution is 2.24.